The molecule has 0 aromatic carbocycles. The quantitative estimate of drug-likeness (QED) is 0.338. The van der Waals surface area contributed by atoms with Gasteiger partial charge in [0.15, 0.2) is 10.8 Å². The monoisotopic (exact) mass is 493 g/mol. The Balaban J connectivity index is 1.39. The van der Waals surface area contributed by atoms with Crippen LogP contribution in [0.4, 0.5) is 0 Å². The Labute approximate surface area is 194 Å². The van der Waals surface area contributed by atoms with Crippen LogP contribution in [0.3, 0.4) is 0 Å². The minimum atomic E-state index is -0.0887. The van der Waals surface area contributed by atoms with Crippen molar-refractivity contribution >= 4 is 74.9 Å². The number of nitrogens with zero attached hydrogens (tertiary/aromatic N) is 5. The van der Waals surface area contributed by atoms with E-state index in [4.69, 9.17) is 23.2 Å². The van der Waals surface area contributed by atoms with E-state index >= 15 is 0 Å². The van der Waals surface area contributed by atoms with Crippen LogP contribution in [0.25, 0.3) is 5.65 Å². The van der Waals surface area contributed by atoms with Gasteiger partial charge in [0.2, 0.25) is 0 Å². The number of rotatable bonds is 5. The molecule has 1 atom stereocenters. The summed E-state index contributed by atoms with van der Waals surface area (Å²) < 4.78 is 1.70. The lowest BCUT2D eigenvalue weighted by molar-refractivity contribution is -0.130. The summed E-state index contributed by atoms with van der Waals surface area (Å²) in [5.41, 5.74) is 1.44. The smallest absolute Gasteiger partial charge is 0.253 e. The molecule has 4 aromatic heterocycles. The van der Waals surface area contributed by atoms with E-state index in [2.05, 4.69) is 15.3 Å². The summed E-state index contributed by atoms with van der Waals surface area (Å²) in [6, 6.07) is 9.60. The van der Waals surface area contributed by atoms with E-state index < -0.39 is 0 Å². The number of thioether (sulfide) groups is 1. The molecular formula is C19H13Cl2N5OS3. The van der Waals surface area contributed by atoms with E-state index in [0.717, 1.165) is 15.5 Å². The average molecular weight is 494 g/mol. The number of halogens is 2. The number of hydrogen-bond donors (Lipinski definition) is 0. The van der Waals surface area contributed by atoms with Gasteiger partial charge >= 0.3 is 0 Å². The summed E-state index contributed by atoms with van der Waals surface area (Å²) in [6.07, 6.45) is 2.39. The highest BCUT2D eigenvalue weighted by Crippen LogP contribution is 2.36. The van der Waals surface area contributed by atoms with Crippen LogP contribution in [-0.4, -0.2) is 37.0 Å². The number of pyridine rings is 1. The van der Waals surface area contributed by atoms with Gasteiger partial charge in [0, 0.05) is 17.5 Å². The molecule has 1 unspecified atom stereocenters. The molecular weight excluding hydrogens is 481 g/mol. The van der Waals surface area contributed by atoms with Gasteiger partial charge in [0.25, 0.3) is 5.91 Å². The first-order valence-electron chi connectivity index (χ1n) is 8.89. The van der Waals surface area contributed by atoms with E-state index in [-0.39, 0.29) is 17.7 Å². The highest BCUT2D eigenvalue weighted by atomic mass is 35.5. The molecule has 30 heavy (non-hydrogen) atoms. The maximum absolute atomic E-state index is 13.1. The van der Waals surface area contributed by atoms with Crippen molar-refractivity contribution in [3.8, 4) is 0 Å². The van der Waals surface area contributed by atoms with Crippen molar-refractivity contribution in [2.24, 2.45) is 5.10 Å². The summed E-state index contributed by atoms with van der Waals surface area (Å²) in [7, 11) is 0. The molecule has 1 aliphatic heterocycles. The lowest BCUT2D eigenvalue weighted by atomic mass is 10.1. The number of fused-ring (bicyclic) bond motifs is 1. The van der Waals surface area contributed by atoms with E-state index in [1.165, 1.54) is 11.8 Å². The molecule has 0 saturated carbocycles. The van der Waals surface area contributed by atoms with Crippen molar-refractivity contribution in [1.29, 1.82) is 0 Å². The lowest BCUT2D eigenvalue weighted by Crippen LogP contribution is -2.28. The molecule has 0 N–H and O–H groups in total. The largest absolute Gasteiger partial charge is 0.275 e. The second kappa shape index (κ2) is 8.32. The summed E-state index contributed by atoms with van der Waals surface area (Å²) in [5.74, 6) is 0.0865. The van der Waals surface area contributed by atoms with Crippen LogP contribution in [0.5, 0.6) is 0 Å². The molecule has 5 heterocycles. The predicted octanol–water partition coefficient (Wildman–Crippen LogP) is 5.63. The summed E-state index contributed by atoms with van der Waals surface area (Å²) >= 11 is 16.8. The first-order valence-corrected chi connectivity index (χ1v) is 12.4. The molecule has 152 valence electrons. The second-order valence-electron chi connectivity index (χ2n) is 6.47. The minimum Gasteiger partial charge on any atom is -0.275 e. The zero-order valence-electron chi connectivity index (χ0n) is 15.2. The molecule has 0 aliphatic carbocycles. The fourth-order valence-corrected chi connectivity index (χ4v) is 6.03. The highest BCUT2D eigenvalue weighted by Gasteiger charge is 2.34. The summed E-state index contributed by atoms with van der Waals surface area (Å²) in [6.45, 7) is 0. The number of hydrogen-bond acceptors (Lipinski definition) is 7. The third kappa shape index (κ3) is 3.76. The van der Waals surface area contributed by atoms with Crippen LogP contribution >= 0.6 is 57.6 Å². The van der Waals surface area contributed by atoms with Crippen LogP contribution in [0.2, 0.25) is 10.0 Å². The average Bonchev–Trinajstić information content (AvgIpc) is 3.52. The third-order valence-electron chi connectivity index (χ3n) is 4.56. The molecule has 0 spiro atoms. The van der Waals surface area contributed by atoms with E-state index in [1.807, 2.05) is 35.0 Å². The van der Waals surface area contributed by atoms with Crippen molar-refractivity contribution in [2.45, 2.75) is 17.6 Å². The van der Waals surface area contributed by atoms with Gasteiger partial charge in [-0.3, -0.25) is 9.20 Å². The molecule has 0 saturated heterocycles. The zero-order valence-corrected chi connectivity index (χ0v) is 19.2. The number of hydrazone groups is 1. The normalized spacial score (nSPS) is 16.4. The van der Waals surface area contributed by atoms with Gasteiger partial charge in [-0.2, -0.15) is 5.10 Å². The topological polar surface area (TPSA) is 62.9 Å². The molecule has 11 heteroatoms. The van der Waals surface area contributed by atoms with Gasteiger partial charge in [-0.25, -0.2) is 5.01 Å². The van der Waals surface area contributed by atoms with Crippen LogP contribution in [-0.2, 0) is 4.79 Å². The Morgan fingerprint density at radius 1 is 1.20 bits per heavy atom. The second-order valence-corrected chi connectivity index (χ2v) is 10.2. The number of amides is 1. The van der Waals surface area contributed by atoms with E-state index in [1.54, 1.807) is 44.3 Å². The molecule has 0 radical (unpaired) electrons. The van der Waals surface area contributed by atoms with Gasteiger partial charge in [-0.05, 0) is 29.0 Å². The predicted molar refractivity (Wildman–Crippen MR) is 123 cm³/mol. The molecule has 6 nitrogen and oxygen atoms in total. The van der Waals surface area contributed by atoms with Gasteiger partial charge in [0.1, 0.15) is 0 Å². The fraction of sp³-hybridized carbons (Fsp3) is 0.158. The van der Waals surface area contributed by atoms with Crippen molar-refractivity contribution in [3.63, 3.8) is 0 Å². The lowest BCUT2D eigenvalue weighted by Gasteiger charge is -2.20. The first kappa shape index (κ1) is 20.0. The molecule has 0 fully saturated rings. The van der Waals surface area contributed by atoms with Gasteiger partial charge in [0.05, 0.1) is 32.4 Å². The Bertz CT molecular complexity index is 1240. The van der Waals surface area contributed by atoms with Crippen LogP contribution in [0, 0.1) is 0 Å². The Hall–Kier alpha value is -1.91. The zero-order chi connectivity index (χ0) is 20.7. The molecule has 4 aromatic rings. The number of thiophene rings is 2. The Kier molecular flexibility index (Phi) is 5.55. The van der Waals surface area contributed by atoms with E-state index in [9.17, 15) is 4.79 Å². The summed E-state index contributed by atoms with van der Waals surface area (Å²) in [4.78, 5) is 15.3. The SMILES string of the molecule is O=C(CSc1nnc2c(Cl)cc(Cl)cn12)N1N=C(c2cccs2)CC1c1cccs1. The first-order chi connectivity index (χ1) is 14.6. The van der Waals surface area contributed by atoms with Gasteiger partial charge in [-0.15, -0.1) is 32.9 Å². The molecule has 0 bridgehead atoms. The Morgan fingerprint density at radius 3 is 2.80 bits per heavy atom. The summed E-state index contributed by atoms with van der Waals surface area (Å²) in [5, 5.41) is 20.0. The number of aromatic nitrogens is 3. The Morgan fingerprint density at radius 2 is 2.03 bits per heavy atom. The van der Waals surface area contributed by atoms with Crippen LogP contribution < -0.4 is 0 Å². The molecule has 1 aliphatic rings. The van der Waals surface area contributed by atoms with Crippen molar-refractivity contribution in [3.05, 3.63) is 67.1 Å². The highest BCUT2D eigenvalue weighted by molar-refractivity contribution is 7.99. The minimum absolute atomic E-state index is 0.0881. The number of carbonyl (C=O) groups is 1. The van der Waals surface area contributed by atoms with Crippen molar-refractivity contribution in [1.82, 2.24) is 19.6 Å². The maximum atomic E-state index is 13.1. The van der Waals surface area contributed by atoms with Gasteiger partial charge < -0.3 is 0 Å². The molecule has 1 amide bonds. The fourth-order valence-electron chi connectivity index (χ4n) is 3.23. The van der Waals surface area contributed by atoms with Crippen LogP contribution in [0.15, 0.2) is 57.5 Å². The molecule has 5 rings (SSSR count). The van der Waals surface area contributed by atoms with Crippen LogP contribution in [0.1, 0.15) is 22.2 Å². The maximum Gasteiger partial charge on any atom is 0.253 e. The van der Waals surface area contributed by atoms with E-state index in [0.29, 0.717) is 27.3 Å². The standard InChI is InChI=1S/C19H13Cl2N5OS3/c20-11-7-12(21)18-22-23-19(25(18)9-11)30-10-17(27)26-14(16-4-2-6-29-16)8-13(24-26)15-3-1-5-28-15/h1-7,9,14H,8,10H2. The third-order valence-corrected chi connectivity index (χ3v) is 7.87. The van der Waals surface area contributed by atoms with Gasteiger partial charge in [-0.1, -0.05) is 47.1 Å². The number of carbonyl (C=O) groups excluding carboxylic acids is 1. The van der Waals surface area contributed by atoms with Crippen molar-refractivity contribution in [2.75, 3.05) is 5.75 Å². The van der Waals surface area contributed by atoms with Crippen molar-refractivity contribution < 1.29 is 4.79 Å².